The largest absolute Gasteiger partial charge is 0.380 e. The summed E-state index contributed by atoms with van der Waals surface area (Å²) >= 11 is 0. The fraction of sp³-hybridized carbons (Fsp3) is 0.909. The molecule has 0 saturated heterocycles. The molecule has 0 aromatic heterocycles. The van der Waals surface area contributed by atoms with E-state index in [9.17, 15) is 4.79 Å². The number of nitrogens with zero attached hydrogens (tertiary/aromatic N) is 1. The number of ether oxygens (including phenoxy) is 1. The Morgan fingerprint density at radius 1 is 1.33 bits per heavy atom. The highest BCUT2D eigenvalue weighted by atomic mass is 16.5. The minimum Gasteiger partial charge on any atom is -0.380 e. The topological polar surface area (TPSA) is 41.6 Å². The van der Waals surface area contributed by atoms with Crippen LogP contribution in [0.3, 0.4) is 0 Å². The van der Waals surface area contributed by atoms with Crippen LogP contribution in [-0.2, 0) is 9.53 Å². The first-order chi connectivity index (χ1) is 7.22. The average Bonchev–Trinajstić information content (AvgIpc) is 2.26. The van der Waals surface area contributed by atoms with E-state index < -0.39 is 0 Å². The van der Waals surface area contributed by atoms with Gasteiger partial charge in [-0.1, -0.05) is 13.3 Å². The molecule has 4 heteroatoms. The van der Waals surface area contributed by atoms with Crippen LogP contribution in [-0.4, -0.2) is 50.7 Å². The lowest BCUT2D eigenvalue weighted by Gasteiger charge is -2.14. The SMILES string of the molecule is CCCCOCCNCC(=O)N(C)CC. The van der Waals surface area contributed by atoms with Crippen molar-refractivity contribution in [3.63, 3.8) is 0 Å². The molecule has 0 aliphatic rings. The molecular weight excluding hydrogens is 192 g/mol. The van der Waals surface area contributed by atoms with E-state index in [4.69, 9.17) is 4.74 Å². The van der Waals surface area contributed by atoms with E-state index in [-0.39, 0.29) is 5.91 Å². The van der Waals surface area contributed by atoms with Gasteiger partial charge in [0.2, 0.25) is 5.91 Å². The van der Waals surface area contributed by atoms with Gasteiger partial charge < -0.3 is 15.0 Å². The highest BCUT2D eigenvalue weighted by Crippen LogP contribution is 1.86. The third kappa shape index (κ3) is 8.39. The van der Waals surface area contributed by atoms with Gasteiger partial charge in [0, 0.05) is 26.7 Å². The molecule has 0 rings (SSSR count). The van der Waals surface area contributed by atoms with Crippen molar-refractivity contribution in [2.24, 2.45) is 0 Å². The molecule has 0 heterocycles. The third-order valence-corrected chi connectivity index (χ3v) is 2.24. The maximum absolute atomic E-state index is 11.3. The number of unbranched alkanes of at least 4 members (excludes halogenated alkanes) is 1. The Morgan fingerprint density at radius 3 is 2.67 bits per heavy atom. The number of carbonyl (C=O) groups is 1. The molecule has 0 bridgehead atoms. The second-order valence-corrected chi connectivity index (χ2v) is 3.55. The van der Waals surface area contributed by atoms with Crippen molar-refractivity contribution in [1.29, 1.82) is 0 Å². The van der Waals surface area contributed by atoms with Gasteiger partial charge in [-0.3, -0.25) is 4.79 Å². The summed E-state index contributed by atoms with van der Waals surface area (Å²) in [5.74, 6) is 0.131. The minimum absolute atomic E-state index is 0.131. The number of hydrogen-bond acceptors (Lipinski definition) is 3. The molecule has 0 atom stereocenters. The quantitative estimate of drug-likeness (QED) is 0.582. The van der Waals surface area contributed by atoms with Crippen LogP contribution in [0.25, 0.3) is 0 Å². The molecule has 90 valence electrons. The van der Waals surface area contributed by atoms with Crippen LogP contribution in [0.15, 0.2) is 0 Å². The van der Waals surface area contributed by atoms with Gasteiger partial charge in [0.1, 0.15) is 0 Å². The lowest BCUT2D eigenvalue weighted by atomic mass is 10.4. The molecule has 0 radical (unpaired) electrons. The molecule has 0 aromatic rings. The number of carbonyl (C=O) groups excluding carboxylic acids is 1. The number of hydrogen-bond donors (Lipinski definition) is 1. The normalized spacial score (nSPS) is 10.3. The number of nitrogens with one attached hydrogen (secondary N) is 1. The summed E-state index contributed by atoms with van der Waals surface area (Å²) in [5, 5.41) is 3.06. The molecule has 1 N–H and O–H groups in total. The van der Waals surface area contributed by atoms with Crippen LogP contribution in [0.1, 0.15) is 26.7 Å². The van der Waals surface area contributed by atoms with Gasteiger partial charge in [-0.25, -0.2) is 0 Å². The van der Waals surface area contributed by atoms with Crippen molar-refractivity contribution in [3.8, 4) is 0 Å². The first-order valence-corrected chi connectivity index (χ1v) is 5.74. The molecule has 0 spiro atoms. The van der Waals surface area contributed by atoms with Crippen molar-refractivity contribution in [1.82, 2.24) is 10.2 Å². The van der Waals surface area contributed by atoms with Crippen molar-refractivity contribution in [2.45, 2.75) is 26.7 Å². The Morgan fingerprint density at radius 2 is 2.07 bits per heavy atom. The second-order valence-electron chi connectivity index (χ2n) is 3.55. The second kappa shape index (κ2) is 9.93. The summed E-state index contributed by atoms with van der Waals surface area (Å²) in [5.41, 5.74) is 0. The van der Waals surface area contributed by atoms with Crippen LogP contribution >= 0.6 is 0 Å². The van der Waals surface area contributed by atoms with E-state index in [2.05, 4.69) is 12.2 Å². The van der Waals surface area contributed by atoms with Gasteiger partial charge in [0.15, 0.2) is 0 Å². The lowest BCUT2D eigenvalue weighted by molar-refractivity contribution is -0.128. The molecule has 0 aromatic carbocycles. The van der Waals surface area contributed by atoms with E-state index in [1.54, 1.807) is 4.90 Å². The summed E-state index contributed by atoms with van der Waals surface area (Å²) in [6.45, 7) is 7.51. The van der Waals surface area contributed by atoms with Crippen molar-refractivity contribution in [3.05, 3.63) is 0 Å². The number of amides is 1. The molecule has 0 aliphatic carbocycles. The zero-order valence-electron chi connectivity index (χ0n) is 10.2. The van der Waals surface area contributed by atoms with Gasteiger partial charge in [0.25, 0.3) is 0 Å². The smallest absolute Gasteiger partial charge is 0.236 e. The Balaban J connectivity index is 3.20. The Labute approximate surface area is 93.0 Å². The maximum Gasteiger partial charge on any atom is 0.236 e. The Kier molecular flexibility index (Phi) is 9.52. The molecule has 0 fully saturated rings. The fourth-order valence-corrected chi connectivity index (χ4v) is 0.999. The molecule has 0 unspecified atom stereocenters. The summed E-state index contributed by atoms with van der Waals surface area (Å²) in [6, 6.07) is 0. The fourth-order valence-electron chi connectivity index (χ4n) is 0.999. The minimum atomic E-state index is 0.131. The van der Waals surface area contributed by atoms with Crippen LogP contribution in [0.4, 0.5) is 0 Å². The van der Waals surface area contributed by atoms with E-state index in [1.807, 2.05) is 14.0 Å². The summed E-state index contributed by atoms with van der Waals surface area (Å²) in [7, 11) is 1.81. The van der Waals surface area contributed by atoms with Gasteiger partial charge in [-0.2, -0.15) is 0 Å². The molecule has 0 aliphatic heterocycles. The number of likely N-dealkylation sites (N-methyl/N-ethyl adjacent to an activating group) is 1. The van der Waals surface area contributed by atoms with Gasteiger partial charge in [-0.05, 0) is 13.3 Å². The number of rotatable bonds is 9. The van der Waals surface area contributed by atoms with E-state index >= 15 is 0 Å². The van der Waals surface area contributed by atoms with Crippen molar-refractivity contribution < 1.29 is 9.53 Å². The standard InChI is InChI=1S/C11H24N2O2/c1-4-6-8-15-9-7-12-10-11(14)13(3)5-2/h12H,4-10H2,1-3H3. The van der Waals surface area contributed by atoms with Gasteiger partial charge >= 0.3 is 0 Å². The van der Waals surface area contributed by atoms with E-state index in [1.165, 1.54) is 0 Å². The van der Waals surface area contributed by atoms with Crippen molar-refractivity contribution in [2.75, 3.05) is 39.9 Å². The first-order valence-electron chi connectivity index (χ1n) is 5.74. The third-order valence-electron chi connectivity index (χ3n) is 2.24. The first kappa shape index (κ1) is 14.4. The molecule has 4 nitrogen and oxygen atoms in total. The summed E-state index contributed by atoms with van der Waals surface area (Å²) in [6.07, 6.45) is 2.27. The summed E-state index contributed by atoms with van der Waals surface area (Å²) in [4.78, 5) is 13.0. The highest BCUT2D eigenvalue weighted by Gasteiger charge is 2.04. The van der Waals surface area contributed by atoms with Gasteiger partial charge in [-0.15, -0.1) is 0 Å². The Bertz CT molecular complexity index is 163. The van der Waals surface area contributed by atoms with Gasteiger partial charge in [0.05, 0.1) is 13.2 Å². The predicted octanol–water partition coefficient (Wildman–Crippen LogP) is 0.871. The average molecular weight is 216 g/mol. The molecule has 0 saturated carbocycles. The zero-order valence-corrected chi connectivity index (χ0v) is 10.2. The van der Waals surface area contributed by atoms with Crippen LogP contribution in [0.2, 0.25) is 0 Å². The van der Waals surface area contributed by atoms with E-state index in [0.717, 1.165) is 32.5 Å². The molecular formula is C11H24N2O2. The zero-order chi connectivity index (χ0) is 11.5. The van der Waals surface area contributed by atoms with Crippen LogP contribution in [0.5, 0.6) is 0 Å². The Hall–Kier alpha value is -0.610. The lowest BCUT2D eigenvalue weighted by Crippen LogP contribution is -2.36. The maximum atomic E-state index is 11.3. The highest BCUT2D eigenvalue weighted by molar-refractivity contribution is 5.77. The van der Waals surface area contributed by atoms with Crippen molar-refractivity contribution >= 4 is 5.91 Å². The molecule has 1 amide bonds. The van der Waals surface area contributed by atoms with Crippen LogP contribution in [0, 0.1) is 0 Å². The monoisotopic (exact) mass is 216 g/mol. The van der Waals surface area contributed by atoms with E-state index in [0.29, 0.717) is 13.2 Å². The predicted molar refractivity (Wildman–Crippen MR) is 61.9 cm³/mol. The summed E-state index contributed by atoms with van der Waals surface area (Å²) < 4.78 is 5.36. The molecule has 15 heavy (non-hydrogen) atoms. The van der Waals surface area contributed by atoms with Crippen LogP contribution < -0.4 is 5.32 Å².